The number of ether oxygens (including phenoxy) is 1. The van der Waals surface area contributed by atoms with Crippen molar-refractivity contribution in [2.75, 3.05) is 25.0 Å². The number of nitrogens with zero attached hydrogens (tertiary/aromatic N) is 2. The van der Waals surface area contributed by atoms with E-state index in [9.17, 15) is 18.0 Å². The smallest absolute Gasteiger partial charge is 0.406 e. The average Bonchev–Trinajstić information content (AvgIpc) is 2.98. The van der Waals surface area contributed by atoms with Crippen molar-refractivity contribution in [3.05, 3.63) is 28.0 Å². The molecule has 1 saturated heterocycles. The highest BCUT2D eigenvalue weighted by atomic mass is 127. The molecule has 0 bridgehead atoms. The van der Waals surface area contributed by atoms with E-state index in [-0.39, 0.29) is 24.0 Å². The number of rotatable bonds is 7. The Kier molecular flexibility index (Phi) is 7.77. The van der Waals surface area contributed by atoms with Gasteiger partial charge in [0.05, 0.1) is 15.1 Å². The Morgan fingerprint density at radius 2 is 1.94 bits per heavy atom. The fourth-order valence-corrected chi connectivity index (χ4v) is 4.67. The minimum Gasteiger partial charge on any atom is -0.461 e. The Hall–Kier alpha value is -1.49. The number of aromatic nitrogens is 1. The topological polar surface area (TPSA) is 46.5 Å². The molecule has 2 aromatic rings. The van der Waals surface area contributed by atoms with E-state index in [1.165, 1.54) is 4.57 Å². The standard InChI is InChI=1S/C22H29F3IN3O2/c1-14(2)21(30)31-15(3)12-28-9-7-16(8-10-28)27-18-5-4-6-19-17(18)11-20(26)29(19)13-22(23,24)25/h4-6,11,14-16,27H,7-10,12-13H2,1-3H3. The molecule has 1 atom stereocenters. The van der Waals surface area contributed by atoms with E-state index in [0.717, 1.165) is 37.0 Å². The monoisotopic (exact) mass is 551 g/mol. The molecule has 1 aliphatic rings. The number of hydrogen-bond donors (Lipinski definition) is 1. The van der Waals surface area contributed by atoms with E-state index < -0.39 is 12.7 Å². The summed E-state index contributed by atoms with van der Waals surface area (Å²) < 4.78 is 46.2. The minimum atomic E-state index is -4.26. The molecule has 9 heteroatoms. The van der Waals surface area contributed by atoms with Gasteiger partial charge in [0, 0.05) is 36.7 Å². The summed E-state index contributed by atoms with van der Waals surface area (Å²) in [5, 5.41) is 4.35. The lowest BCUT2D eigenvalue weighted by molar-refractivity contribution is -0.153. The molecule has 1 unspecified atom stereocenters. The van der Waals surface area contributed by atoms with Crippen molar-refractivity contribution in [2.24, 2.45) is 5.92 Å². The Labute approximate surface area is 194 Å². The highest BCUT2D eigenvalue weighted by molar-refractivity contribution is 14.1. The summed E-state index contributed by atoms with van der Waals surface area (Å²) in [5.41, 5.74) is 1.46. The third-order valence-corrected chi connectivity index (χ3v) is 6.38. The lowest BCUT2D eigenvalue weighted by Gasteiger charge is -2.34. The van der Waals surface area contributed by atoms with Crippen LogP contribution in [0.3, 0.4) is 0 Å². The van der Waals surface area contributed by atoms with Gasteiger partial charge in [0.2, 0.25) is 0 Å². The van der Waals surface area contributed by atoms with Crippen LogP contribution in [0.15, 0.2) is 24.3 Å². The van der Waals surface area contributed by atoms with Gasteiger partial charge in [0.25, 0.3) is 0 Å². The van der Waals surface area contributed by atoms with Crippen LogP contribution in [-0.2, 0) is 16.1 Å². The molecular formula is C22H29F3IN3O2. The first-order valence-electron chi connectivity index (χ1n) is 10.6. The largest absolute Gasteiger partial charge is 0.461 e. The fraction of sp³-hybridized carbons (Fsp3) is 0.591. The van der Waals surface area contributed by atoms with Crippen LogP contribution in [0, 0.1) is 9.62 Å². The first kappa shape index (κ1) is 24.2. The Bertz CT molecular complexity index is 905. The normalized spacial score (nSPS) is 17.3. The molecule has 0 radical (unpaired) electrons. The number of carbonyl (C=O) groups excluding carboxylic acids is 1. The molecule has 5 nitrogen and oxygen atoms in total. The average molecular weight is 551 g/mol. The number of piperidine rings is 1. The number of alkyl halides is 3. The number of fused-ring (bicyclic) bond motifs is 1. The number of esters is 1. The molecule has 3 rings (SSSR count). The highest BCUT2D eigenvalue weighted by Gasteiger charge is 2.30. The summed E-state index contributed by atoms with van der Waals surface area (Å²) in [7, 11) is 0. The van der Waals surface area contributed by atoms with Gasteiger partial charge in [-0.2, -0.15) is 13.2 Å². The van der Waals surface area contributed by atoms with E-state index in [4.69, 9.17) is 4.74 Å². The highest BCUT2D eigenvalue weighted by Crippen LogP contribution is 2.32. The first-order chi connectivity index (χ1) is 14.5. The molecule has 0 saturated carbocycles. The second kappa shape index (κ2) is 9.97. The third kappa shape index (κ3) is 6.50. The zero-order valence-electron chi connectivity index (χ0n) is 18.0. The van der Waals surface area contributed by atoms with Crippen LogP contribution in [0.4, 0.5) is 18.9 Å². The number of likely N-dealkylation sites (tertiary alicyclic amines) is 1. The Morgan fingerprint density at radius 3 is 2.55 bits per heavy atom. The van der Waals surface area contributed by atoms with Gasteiger partial charge >= 0.3 is 12.1 Å². The van der Waals surface area contributed by atoms with E-state index >= 15 is 0 Å². The number of benzene rings is 1. The molecule has 0 aliphatic carbocycles. The van der Waals surface area contributed by atoms with Crippen LogP contribution >= 0.6 is 22.6 Å². The van der Waals surface area contributed by atoms with E-state index in [1.54, 1.807) is 12.1 Å². The van der Waals surface area contributed by atoms with Crippen LogP contribution in [0.2, 0.25) is 0 Å². The van der Waals surface area contributed by atoms with Gasteiger partial charge in [-0.25, -0.2) is 0 Å². The third-order valence-electron chi connectivity index (χ3n) is 5.48. The summed E-state index contributed by atoms with van der Waals surface area (Å²) in [4.78, 5) is 14.0. The predicted octanol–water partition coefficient (Wildman–Crippen LogP) is 5.27. The van der Waals surface area contributed by atoms with Gasteiger partial charge in [-0.15, -0.1) is 0 Å². The van der Waals surface area contributed by atoms with Crippen molar-refractivity contribution in [3.63, 3.8) is 0 Å². The van der Waals surface area contributed by atoms with E-state index in [1.807, 2.05) is 55.5 Å². The summed E-state index contributed by atoms with van der Waals surface area (Å²) >= 11 is 1.96. The maximum Gasteiger partial charge on any atom is 0.406 e. The van der Waals surface area contributed by atoms with Gasteiger partial charge in [-0.3, -0.25) is 9.69 Å². The molecule has 1 aliphatic heterocycles. The van der Waals surface area contributed by atoms with Crippen LogP contribution in [-0.4, -0.2) is 53.4 Å². The first-order valence-corrected chi connectivity index (χ1v) is 11.6. The van der Waals surface area contributed by atoms with Crippen LogP contribution in [0.5, 0.6) is 0 Å². The number of nitrogens with one attached hydrogen (secondary N) is 1. The van der Waals surface area contributed by atoms with Crippen molar-refractivity contribution >= 4 is 45.2 Å². The van der Waals surface area contributed by atoms with Gasteiger partial charge in [-0.05, 0) is 60.6 Å². The summed E-state index contributed by atoms with van der Waals surface area (Å²) in [6.07, 6.45) is -2.57. The summed E-state index contributed by atoms with van der Waals surface area (Å²) in [5.74, 6) is -0.307. The minimum absolute atomic E-state index is 0.130. The van der Waals surface area contributed by atoms with Gasteiger partial charge in [0.1, 0.15) is 12.6 Å². The number of anilines is 1. The molecule has 1 aromatic carbocycles. The van der Waals surface area contributed by atoms with Crippen LogP contribution in [0.25, 0.3) is 10.9 Å². The molecular weight excluding hydrogens is 522 g/mol. The van der Waals surface area contributed by atoms with Crippen molar-refractivity contribution in [2.45, 2.75) is 58.5 Å². The Morgan fingerprint density at radius 1 is 1.26 bits per heavy atom. The van der Waals surface area contributed by atoms with Gasteiger partial charge in [0.15, 0.2) is 0 Å². The van der Waals surface area contributed by atoms with Crippen molar-refractivity contribution in [3.8, 4) is 0 Å². The van der Waals surface area contributed by atoms with Crippen molar-refractivity contribution < 1.29 is 22.7 Å². The van der Waals surface area contributed by atoms with E-state index in [2.05, 4.69) is 10.2 Å². The lowest BCUT2D eigenvalue weighted by Crippen LogP contribution is -2.43. The zero-order chi connectivity index (χ0) is 22.8. The molecule has 2 heterocycles. The maximum atomic E-state index is 13.0. The van der Waals surface area contributed by atoms with Gasteiger partial charge in [-0.1, -0.05) is 19.9 Å². The van der Waals surface area contributed by atoms with Gasteiger partial charge < -0.3 is 14.6 Å². The van der Waals surface area contributed by atoms with E-state index in [0.29, 0.717) is 15.8 Å². The molecule has 1 fully saturated rings. The molecule has 0 amide bonds. The van der Waals surface area contributed by atoms with Crippen molar-refractivity contribution in [1.29, 1.82) is 0 Å². The summed E-state index contributed by atoms with van der Waals surface area (Å²) in [6.45, 7) is 7.04. The maximum absolute atomic E-state index is 13.0. The molecule has 1 N–H and O–H groups in total. The molecule has 172 valence electrons. The number of hydrogen-bond acceptors (Lipinski definition) is 4. The SMILES string of the molecule is CC(CN1CCC(Nc2cccc3c2cc(I)n3CC(F)(F)F)CC1)OC(=O)C(C)C. The number of carbonyl (C=O) groups is 1. The van der Waals surface area contributed by atoms with Crippen molar-refractivity contribution in [1.82, 2.24) is 9.47 Å². The Balaban J connectivity index is 1.59. The van der Waals surface area contributed by atoms with Crippen LogP contribution < -0.4 is 5.32 Å². The number of halogens is 4. The second-order valence-electron chi connectivity index (χ2n) is 8.53. The molecule has 1 aromatic heterocycles. The van der Waals surface area contributed by atoms with Crippen LogP contribution in [0.1, 0.15) is 33.6 Å². The molecule has 31 heavy (non-hydrogen) atoms. The predicted molar refractivity (Wildman–Crippen MR) is 124 cm³/mol. The quantitative estimate of drug-likeness (QED) is 0.376. The summed E-state index contributed by atoms with van der Waals surface area (Å²) in [6, 6.07) is 7.52. The fourth-order valence-electron chi connectivity index (χ4n) is 3.93. The zero-order valence-corrected chi connectivity index (χ0v) is 20.2. The molecule has 0 spiro atoms. The second-order valence-corrected chi connectivity index (χ2v) is 9.63. The lowest BCUT2D eigenvalue weighted by atomic mass is 10.0.